The van der Waals surface area contributed by atoms with Crippen LogP contribution in [0.4, 0.5) is 0 Å². The quantitative estimate of drug-likeness (QED) is 0.0285. The number of hydrogen-bond donors (Lipinski definition) is 16. The third-order valence-corrected chi connectivity index (χ3v) is 13.0. The highest BCUT2D eigenvalue weighted by Gasteiger charge is 2.61. The number of ether oxygens (including phenoxy) is 5. The molecule has 0 aromatic rings. The van der Waals surface area contributed by atoms with Crippen molar-refractivity contribution in [2.45, 2.75) is 220 Å². The number of carboxylic acid groups (broad SMARTS) is 3. The Bertz CT molecular complexity index is 1650. The Morgan fingerprint density at radius 2 is 1.10 bits per heavy atom. The number of unbranched alkanes of at least 4 members (excludes halogenated alkanes) is 9. The second-order valence-corrected chi connectivity index (χ2v) is 18.2. The van der Waals surface area contributed by atoms with E-state index in [1.54, 1.807) is 0 Å². The molecule has 0 bridgehead atoms. The van der Waals surface area contributed by atoms with E-state index in [1.807, 2.05) is 0 Å². The van der Waals surface area contributed by atoms with E-state index in [0.717, 1.165) is 32.1 Å². The van der Waals surface area contributed by atoms with E-state index in [0.29, 0.717) is 6.54 Å². The van der Waals surface area contributed by atoms with Crippen molar-refractivity contribution in [3.05, 3.63) is 0 Å². The molecule has 0 aliphatic carbocycles. The first-order chi connectivity index (χ1) is 33.1. The lowest BCUT2D eigenvalue weighted by Gasteiger charge is -2.49. The molecule has 3 rings (SSSR count). The number of carboxylic acids is 3. The molecule has 18 atom stereocenters. The second-order valence-electron chi connectivity index (χ2n) is 18.2. The highest BCUT2D eigenvalue weighted by atomic mass is 16.8. The van der Waals surface area contributed by atoms with Gasteiger partial charge >= 0.3 is 17.9 Å². The maximum atomic E-state index is 13.1. The zero-order valence-corrected chi connectivity index (χ0v) is 40.0. The predicted molar refractivity (Wildman–Crippen MR) is 239 cm³/mol. The van der Waals surface area contributed by atoms with Crippen LogP contribution in [0, 0.1) is 0 Å². The lowest BCUT2D eigenvalue weighted by Crippen LogP contribution is -2.70. The normalized spacial score (nSPS) is 32.8. The molecule has 0 spiro atoms. The van der Waals surface area contributed by atoms with Crippen LogP contribution in [0.1, 0.15) is 111 Å². The molecule has 17 N–H and O–H groups in total. The Morgan fingerprint density at radius 3 is 1.57 bits per heavy atom. The number of aliphatic carboxylic acids is 3. The summed E-state index contributed by atoms with van der Waals surface area (Å²) in [5, 5.41) is 137. The van der Waals surface area contributed by atoms with Gasteiger partial charge in [0.15, 0.2) is 6.10 Å². The smallest absolute Gasteiger partial charge is 0.364 e. The molecule has 0 saturated carbocycles. The topological polar surface area (TPSA) is 436 Å². The van der Waals surface area contributed by atoms with E-state index < -0.39 is 165 Å². The molecule has 406 valence electrons. The molecule has 0 aromatic heterocycles. The van der Waals surface area contributed by atoms with Crippen LogP contribution in [0.15, 0.2) is 0 Å². The van der Waals surface area contributed by atoms with Gasteiger partial charge in [-0.1, -0.05) is 78.6 Å². The molecule has 0 radical (unpaired) electrons. The van der Waals surface area contributed by atoms with E-state index in [2.05, 4.69) is 22.9 Å². The van der Waals surface area contributed by atoms with Crippen molar-refractivity contribution in [3.63, 3.8) is 0 Å². The van der Waals surface area contributed by atoms with Crippen LogP contribution >= 0.6 is 0 Å². The summed E-state index contributed by atoms with van der Waals surface area (Å²) >= 11 is 0. The molecule has 18 unspecified atom stereocenters. The fourth-order valence-corrected chi connectivity index (χ4v) is 8.89. The van der Waals surface area contributed by atoms with Crippen molar-refractivity contribution >= 4 is 29.7 Å². The monoisotopic (exact) mass is 1010 g/mol. The number of aliphatic hydroxyl groups is 9. The molecular weight excluding hydrogens is 936 g/mol. The highest BCUT2D eigenvalue weighted by molar-refractivity contribution is 5.78. The van der Waals surface area contributed by atoms with Gasteiger partial charge in [0.25, 0.3) is 11.6 Å². The van der Waals surface area contributed by atoms with Gasteiger partial charge in [0, 0.05) is 32.2 Å². The van der Waals surface area contributed by atoms with E-state index in [1.165, 1.54) is 46.0 Å². The van der Waals surface area contributed by atoms with E-state index >= 15 is 0 Å². The van der Waals surface area contributed by atoms with Gasteiger partial charge in [-0.3, -0.25) is 9.59 Å². The third-order valence-electron chi connectivity index (χ3n) is 13.0. The Balaban J connectivity index is 1.85. The Morgan fingerprint density at radius 1 is 0.643 bits per heavy atom. The third kappa shape index (κ3) is 15.9. The number of carbonyl (C=O) groups excluding carboxylic acids is 2. The fourth-order valence-electron chi connectivity index (χ4n) is 8.89. The molecule has 26 heteroatoms. The highest BCUT2D eigenvalue weighted by Crippen LogP contribution is 2.39. The Kier molecular flexibility index (Phi) is 25.1. The first kappa shape index (κ1) is 61.0. The second kappa shape index (κ2) is 28.8. The van der Waals surface area contributed by atoms with Crippen LogP contribution in [0.5, 0.6) is 0 Å². The minimum atomic E-state index is -3.18. The van der Waals surface area contributed by atoms with Crippen LogP contribution in [-0.2, 0) is 47.7 Å². The molecule has 0 aromatic carbocycles. The van der Waals surface area contributed by atoms with Gasteiger partial charge in [0.2, 0.25) is 11.8 Å². The van der Waals surface area contributed by atoms with E-state index in [4.69, 9.17) is 29.4 Å². The molecule has 3 fully saturated rings. The first-order valence-electron chi connectivity index (χ1n) is 24.2. The van der Waals surface area contributed by atoms with Crippen LogP contribution in [0.2, 0.25) is 0 Å². The Labute approximate surface area is 405 Å². The fraction of sp³-hybridized carbons (Fsp3) is 0.886. The van der Waals surface area contributed by atoms with Crippen molar-refractivity contribution in [2.75, 3.05) is 26.3 Å². The average molecular weight is 1020 g/mol. The van der Waals surface area contributed by atoms with Gasteiger partial charge < -0.3 is 107 Å². The largest absolute Gasteiger partial charge is 0.479 e. The first-order valence-corrected chi connectivity index (χ1v) is 24.2. The van der Waals surface area contributed by atoms with Gasteiger partial charge in [0.1, 0.15) is 54.9 Å². The van der Waals surface area contributed by atoms with Gasteiger partial charge in [-0.25, -0.2) is 14.4 Å². The summed E-state index contributed by atoms with van der Waals surface area (Å²) < 4.78 is 28.4. The number of aliphatic hydroxyl groups excluding tert-OH is 9. The van der Waals surface area contributed by atoms with Gasteiger partial charge in [0.05, 0.1) is 49.7 Å². The van der Waals surface area contributed by atoms with Gasteiger partial charge in [-0.2, -0.15) is 0 Å². The molecule has 3 aliphatic rings. The molecule has 26 nitrogen and oxygen atoms in total. The predicted octanol–water partition coefficient (Wildman–Crippen LogP) is -4.11. The lowest BCUT2D eigenvalue weighted by molar-refractivity contribution is -0.350. The zero-order valence-electron chi connectivity index (χ0n) is 40.0. The van der Waals surface area contributed by atoms with Crippen molar-refractivity contribution in [1.29, 1.82) is 0 Å². The Hall–Kier alpha value is -3.29. The minimum absolute atomic E-state index is 0.0675. The summed E-state index contributed by atoms with van der Waals surface area (Å²) in [5.74, 6) is -13.4. The zero-order chi connectivity index (χ0) is 52.5. The number of nitrogens with two attached hydrogens (primary N) is 1. The van der Waals surface area contributed by atoms with E-state index in [-0.39, 0.29) is 19.4 Å². The lowest BCUT2D eigenvalue weighted by atomic mass is 9.88. The van der Waals surface area contributed by atoms with Gasteiger partial charge in [-0.15, -0.1) is 0 Å². The molecule has 3 aliphatic heterocycles. The van der Waals surface area contributed by atoms with Crippen molar-refractivity contribution in [2.24, 2.45) is 5.73 Å². The number of rotatable bonds is 32. The summed E-state index contributed by atoms with van der Waals surface area (Å²) in [6.45, 7) is 2.75. The van der Waals surface area contributed by atoms with Crippen LogP contribution in [-0.4, -0.2) is 226 Å². The standard InChI is InChI=1S/C44H78N4O22/c1-4-7-8-9-10-11-12-13-14-15-16-46-19-24(53)36-30(47-27(54)5-2)23(52)18-44(69-36,42(64)65)67-25(20-49)32(56)37-29(45)22(51)17-43(70-37,41(62)63)68-26(21-50)33(57)38-31(48-28(55)6-3)34(58)39(66-38)35(59)40(60)61/h22-26,29-39,46,49-53,56-59H,4-21,45H2,1-3H3,(H,47,54)(H,48,55)(H,60,61)(H,62,63)(H,64,65). The van der Waals surface area contributed by atoms with Gasteiger partial charge in [-0.05, 0) is 13.0 Å². The van der Waals surface area contributed by atoms with Crippen molar-refractivity contribution in [3.8, 4) is 0 Å². The maximum Gasteiger partial charge on any atom is 0.364 e. The molecule has 3 saturated heterocycles. The molecule has 2 amide bonds. The van der Waals surface area contributed by atoms with E-state index in [9.17, 15) is 85.3 Å². The summed E-state index contributed by atoms with van der Waals surface area (Å²) in [6, 6.07) is -4.85. The number of hydrogen-bond acceptors (Lipinski definition) is 21. The minimum Gasteiger partial charge on any atom is -0.479 e. The molecular formula is C44H78N4O22. The SMILES string of the molecule is CCCCCCCCCCCCNCC(O)C1OC(OC(CO)C(O)C2OC(OC(CO)C(O)C3OC(C(O)C(=O)O)C(O)C3NC(=O)CC)(C(=O)O)CC(O)C2N)(C(=O)O)CC(O)C1NC(=O)CC. The summed E-state index contributed by atoms with van der Waals surface area (Å²) in [7, 11) is 0. The average Bonchev–Trinajstić information content (AvgIpc) is 3.65. The number of nitrogens with one attached hydrogen (secondary N) is 3. The van der Waals surface area contributed by atoms with Crippen molar-refractivity contribution < 1.29 is 109 Å². The van der Waals surface area contributed by atoms with Crippen LogP contribution in [0.3, 0.4) is 0 Å². The molecule has 3 heterocycles. The summed E-state index contributed by atoms with van der Waals surface area (Å²) in [6.07, 6.45) is -18.0. The molecule has 70 heavy (non-hydrogen) atoms. The summed E-state index contributed by atoms with van der Waals surface area (Å²) in [4.78, 5) is 62.6. The van der Waals surface area contributed by atoms with Crippen molar-refractivity contribution in [1.82, 2.24) is 16.0 Å². The van der Waals surface area contributed by atoms with Crippen LogP contribution < -0.4 is 21.7 Å². The number of carbonyl (C=O) groups is 5. The van der Waals surface area contributed by atoms with Crippen LogP contribution in [0.25, 0.3) is 0 Å². The number of amides is 2. The maximum absolute atomic E-state index is 13.1. The summed E-state index contributed by atoms with van der Waals surface area (Å²) in [5.41, 5.74) is 6.18.